The number of rotatable bonds is 4. The zero-order chi connectivity index (χ0) is 10.4. The lowest BCUT2D eigenvalue weighted by molar-refractivity contribution is 0.237. The molecule has 4 nitrogen and oxygen atoms in total. The predicted molar refractivity (Wildman–Crippen MR) is 55.1 cm³/mol. The molecule has 1 aromatic rings. The highest BCUT2D eigenvalue weighted by Crippen LogP contribution is 2.01. The van der Waals surface area contributed by atoms with Gasteiger partial charge >= 0.3 is 6.03 Å². The van der Waals surface area contributed by atoms with Crippen molar-refractivity contribution in [2.75, 3.05) is 0 Å². The molecule has 0 aliphatic heterocycles. The van der Waals surface area contributed by atoms with Crippen molar-refractivity contribution in [1.82, 2.24) is 14.9 Å². The van der Waals surface area contributed by atoms with Crippen LogP contribution in [0.4, 0.5) is 4.79 Å². The molecular formula is C10H17N3O. The maximum atomic E-state index is 11.6. The van der Waals surface area contributed by atoms with Gasteiger partial charge in [0.15, 0.2) is 0 Å². The number of carbonyl (C=O) groups is 1. The van der Waals surface area contributed by atoms with Gasteiger partial charge < -0.3 is 5.32 Å². The SMILES string of the molecule is CCCC(CC)NC(=O)n1ccnc1. The van der Waals surface area contributed by atoms with E-state index in [4.69, 9.17) is 0 Å². The van der Waals surface area contributed by atoms with Gasteiger partial charge in [0.05, 0.1) is 0 Å². The van der Waals surface area contributed by atoms with Gasteiger partial charge in [-0.15, -0.1) is 0 Å². The van der Waals surface area contributed by atoms with E-state index in [-0.39, 0.29) is 12.1 Å². The van der Waals surface area contributed by atoms with Crippen LogP contribution < -0.4 is 5.32 Å². The van der Waals surface area contributed by atoms with E-state index in [1.807, 2.05) is 0 Å². The Hall–Kier alpha value is -1.32. The van der Waals surface area contributed by atoms with E-state index in [1.165, 1.54) is 10.9 Å². The first kappa shape index (κ1) is 10.8. The van der Waals surface area contributed by atoms with Crippen LogP contribution in [0.3, 0.4) is 0 Å². The van der Waals surface area contributed by atoms with Crippen molar-refractivity contribution in [1.29, 1.82) is 0 Å². The number of nitrogens with zero attached hydrogens (tertiary/aromatic N) is 2. The lowest BCUT2D eigenvalue weighted by atomic mass is 10.1. The van der Waals surface area contributed by atoms with E-state index < -0.39 is 0 Å². The molecule has 1 unspecified atom stereocenters. The standard InChI is InChI=1S/C10H17N3O/c1-3-5-9(4-2)12-10(14)13-7-6-11-8-13/h6-9H,3-5H2,1-2H3,(H,12,14). The maximum Gasteiger partial charge on any atom is 0.327 e. The first-order valence-electron chi connectivity index (χ1n) is 5.06. The van der Waals surface area contributed by atoms with E-state index in [9.17, 15) is 4.79 Å². The van der Waals surface area contributed by atoms with Crippen LogP contribution in [-0.4, -0.2) is 21.6 Å². The van der Waals surface area contributed by atoms with Crippen molar-refractivity contribution in [3.05, 3.63) is 18.7 Å². The molecule has 0 fully saturated rings. The minimum Gasteiger partial charge on any atom is -0.335 e. The highest BCUT2D eigenvalue weighted by atomic mass is 16.2. The number of nitrogens with one attached hydrogen (secondary N) is 1. The summed E-state index contributed by atoms with van der Waals surface area (Å²) in [6, 6.07) is 0.178. The van der Waals surface area contributed by atoms with Gasteiger partial charge in [-0.25, -0.2) is 9.78 Å². The Kier molecular flexibility index (Phi) is 4.16. The summed E-state index contributed by atoms with van der Waals surface area (Å²) in [4.78, 5) is 15.4. The molecule has 0 saturated heterocycles. The molecule has 0 saturated carbocycles. The molecule has 0 radical (unpaired) electrons. The van der Waals surface area contributed by atoms with Gasteiger partial charge in [0, 0.05) is 18.4 Å². The second-order valence-corrected chi connectivity index (χ2v) is 3.31. The van der Waals surface area contributed by atoms with E-state index in [0.717, 1.165) is 19.3 Å². The molecule has 14 heavy (non-hydrogen) atoms. The first-order valence-corrected chi connectivity index (χ1v) is 5.06. The fourth-order valence-electron chi connectivity index (χ4n) is 1.36. The Labute approximate surface area is 84.3 Å². The molecule has 4 heteroatoms. The largest absolute Gasteiger partial charge is 0.335 e. The summed E-state index contributed by atoms with van der Waals surface area (Å²) in [7, 11) is 0. The van der Waals surface area contributed by atoms with Gasteiger partial charge in [-0.1, -0.05) is 20.3 Å². The van der Waals surface area contributed by atoms with Gasteiger partial charge in [-0.05, 0) is 12.8 Å². The lowest BCUT2D eigenvalue weighted by Crippen LogP contribution is -2.36. The number of carbonyl (C=O) groups excluding carboxylic acids is 1. The fourth-order valence-corrected chi connectivity index (χ4v) is 1.36. The van der Waals surface area contributed by atoms with Gasteiger partial charge in [0.2, 0.25) is 0 Å². The van der Waals surface area contributed by atoms with Crippen LogP contribution in [0.5, 0.6) is 0 Å². The molecule has 0 aliphatic rings. The molecule has 0 aliphatic carbocycles. The number of hydrogen-bond acceptors (Lipinski definition) is 2. The lowest BCUT2D eigenvalue weighted by Gasteiger charge is -2.15. The molecule has 0 bridgehead atoms. The molecular weight excluding hydrogens is 178 g/mol. The Bertz CT molecular complexity index is 269. The molecule has 78 valence electrons. The second-order valence-electron chi connectivity index (χ2n) is 3.31. The van der Waals surface area contributed by atoms with Crippen LogP contribution in [0.1, 0.15) is 33.1 Å². The van der Waals surface area contributed by atoms with E-state index >= 15 is 0 Å². The molecule has 1 heterocycles. The quantitative estimate of drug-likeness (QED) is 0.799. The van der Waals surface area contributed by atoms with Gasteiger partial charge in [-0.2, -0.15) is 0 Å². The van der Waals surface area contributed by atoms with E-state index in [0.29, 0.717) is 0 Å². The summed E-state index contributed by atoms with van der Waals surface area (Å²) in [6.07, 6.45) is 7.83. The average Bonchev–Trinajstić information content (AvgIpc) is 2.69. The first-order chi connectivity index (χ1) is 6.77. The Morgan fingerprint density at radius 2 is 2.36 bits per heavy atom. The predicted octanol–water partition coefficient (Wildman–Crippen LogP) is 2.02. The summed E-state index contributed by atoms with van der Waals surface area (Å²) in [5.74, 6) is 0. The summed E-state index contributed by atoms with van der Waals surface area (Å²) in [5, 5.41) is 2.95. The van der Waals surface area contributed by atoms with E-state index in [1.54, 1.807) is 12.4 Å². The van der Waals surface area contributed by atoms with Crippen LogP contribution in [0, 0.1) is 0 Å². The van der Waals surface area contributed by atoms with Crippen molar-refractivity contribution >= 4 is 6.03 Å². The third kappa shape index (κ3) is 2.87. The van der Waals surface area contributed by atoms with Crippen molar-refractivity contribution < 1.29 is 4.79 Å². The summed E-state index contributed by atoms with van der Waals surface area (Å²) < 4.78 is 1.46. The maximum absolute atomic E-state index is 11.6. The van der Waals surface area contributed by atoms with Crippen molar-refractivity contribution in [3.63, 3.8) is 0 Å². The smallest absolute Gasteiger partial charge is 0.327 e. The highest BCUT2D eigenvalue weighted by molar-refractivity contribution is 5.76. The average molecular weight is 195 g/mol. The molecule has 1 rings (SSSR count). The number of imidazole rings is 1. The summed E-state index contributed by atoms with van der Waals surface area (Å²) in [5.41, 5.74) is 0. The Balaban J connectivity index is 2.47. The van der Waals surface area contributed by atoms with Gasteiger partial charge in [0.25, 0.3) is 0 Å². The molecule has 1 N–H and O–H groups in total. The number of aromatic nitrogens is 2. The molecule has 1 aromatic heterocycles. The number of hydrogen-bond donors (Lipinski definition) is 1. The van der Waals surface area contributed by atoms with Crippen LogP contribution in [0.15, 0.2) is 18.7 Å². The third-order valence-electron chi connectivity index (χ3n) is 2.20. The molecule has 0 aromatic carbocycles. The summed E-state index contributed by atoms with van der Waals surface area (Å²) >= 11 is 0. The minimum absolute atomic E-state index is 0.0946. The normalized spacial score (nSPS) is 12.4. The van der Waals surface area contributed by atoms with Gasteiger partial charge in [0.1, 0.15) is 6.33 Å². The Morgan fingerprint density at radius 1 is 1.57 bits per heavy atom. The van der Waals surface area contributed by atoms with Crippen molar-refractivity contribution in [2.45, 2.75) is 39.2 Å². The molecule has 0 spiro atoms. The second kappa shape index (κ2) is 5.42. The highest BCUT2D eigenvalue weighted by Gasteiger charge is 2.09. The van der Waals surface area contributed by atoms with Crippen molar-refractivity contribution in [2.24, 2.45) is 0 Å². The third-order valence-corrected chi connectivity index (χ3v) is 2.20. The van der Waals surface area contributed by atoms with Crippen LogP contribution in [0.2, 0.25) is 0 Å². The topological polar surface area (TPSA) is 46.9 Å². The number of amides is 1. The Morgan fingerprint density at radius 3 is 2.86 bits per heavy atom. The molecule has 1 amide bonds. The van der Waals surface area contributed by atoms with E-state index in [2.05, 4.69) is 24.1 Å². The molecule has 1 atom stereocenters. The zero-order valence-electron chi connectivity index (χ0n) is 8.73. The van der Waals surface area contributed by atoms with Gasteiger partial charge in [-0.3, -0.25) is 4.57 Å². The van der Waals surface area contributed by atoms with Crippen LogP contribution in [-0.2, 0) is 0 Å². The van der Waals surface area contributed by atoms with Crippen molar-refractivity contribution in [3.8, 4) is 0 Å². The van der Waals surface area contributed by atoms with Crippen LogP contribution >= 0.6 is 0 Å². The minimum atomic E-state index is -0.0946. The zero-order valence-corrected chi connectivity index (χ0v) is 8.73. The summed E-state index contributed by atoms with van der Waals surface area (Å²) in [6.45, 7) is 4.19. The monoisotopic (exact) mass is 195 g/mol. The fraction of sp³-hybridized carbons (Fsp3) is 0.600. The van der Waals surface area contributed by atoms with Crippen LogP contribution in [0.25, 0.3) is 0 Å².